The molecule has 10 heteroatoms. The van der Waals surface area contributed by atoms with Gasteiger partial charge in [-0.05, 0) is 24.3 Å². The third-order valence-electron chi connectivity index (χ3n) is 3.42. The molecule has 0 unspecified atom stereocenters. The van der Waals surface area contributed by atoms with E-state index in [1.165, 1.54) is 0 Å². The van der Waals surface area contributed by atoms with Crippen LogP contribution in [-0.2, 0) is 18.1 Å². The van der Waals surface area contributed by atoms with Gasteiger partial charge in [0.15, 0.2) is 0 Å². The van der Waals surface area contributed by atoms with Crippen LogP contribution in [0, 0.1) is 0 Å². The summed E-state index contributed by atoms with van der Waals surface area (Å²) in [7, 11) is 2.97. The first-order chi connectivity index (χ1) is 12.2. The zero-order chi connectivity index (χ0) is 18.9. The number of fused-ring (bicyclic) bond motifs is 2. The molecule has 0 aliphatic carbocycles. The highest BCUT2D eigenvalue weighted by Gasteiger charge is 2.17. The number of hydrogen-bond donors (Lipinski definition) is 0. The van der Waals surface area contributed by atoms with E-state index in [0.29, 0.717) is 21.9 Å². The van der Waals surface area contributed by atoms with E-state index < -0.39 is 18.1 Å². The third kappa shape index (κ3) is 3.88. The van der Waals surface area contributed by atoms with Crippen molar-refractivity contribution in [1.29, 1.82) is 0 Å². The summed E-state index contributed by atoms with van der Waals surface area (Å²) in [5.41, 5.74) is 1.03. The summed E-state index contributed by atoms with van der Waals surface area (Å²) in [6, 6.07) is 13.6. The first-order valence-electron chi connectivity index (χ1n) is 7.00. The fraction of sp³-hybridized carbons (Fsp3) is 0. The molecule has 0 amide bonds. The second-order valence-corrected chi connectivity index (χ2v) is 10.1. The fourth-order valence-electron chi connectivity index (χ4n) is 2.28. The molecule has 4 aromatic rings. The average Bonchev–Trinajstić information content (AvgIpc) is 3.19. The molecule has 4 rings (SSSR count). The topological polar surface area (TPSA) is 94.6 Å². The van der Waals surface area contributed by atoms with Gasteiger partial charge in [-0.1, -0.05) is 24.3 Å². The summed E-state index contributed by atoms with van der Waals surface area (Å²) in [6.07, 6.45) is 2.29. The van der Waals surface area contributed by atoms with E-state index in [-0.39, 0.29) is 9.79 Å². The summed E-state index contributed by atoms with van der Waals surface area (Å²) in [4.78, 5) is 0.0366. The second-order valence-electron chi connectivity index (χ2n) is 5.07. The molecule has 2 heterocycles. The SMILES string of the molecule is O=S(=O)(Cl)c1coc2ccccc12.O=S(=O)(Cl)c1coc2ccccc12. The van der Waals surface area contributed by atoms with Gasteiger partial charge < -0.3 is 8.83 Å². The van der Waals surface area contributed by atoms with Gasteiger partial charge in [0.2, 0.25) is 0 Å². The van der Waals surface area contributed by atoms with E-state index >= 15 is 0 Å². The Bertz CT molecular complexity index is 1180. The minimum absolute atomic E-state index is 0.0183. The molecule has 0 atom stereocenters. The predicted octanol–water partition coefficient (Wildman–Crippen LogP) is 4.72. The standard InChI is InChI=1S/2C8H5ClO3S/c2*9-13(10,11)8-5-12-7-4-2-1-3-6(7)8/h2*1-5H. The molecule has 2 aromatic carbocycles. The van der Waals surface area contributed by atoms with Crippen molar-refractivity contribution in [1.82, 2.24) is 0 Å². The molecule has 0 radical (unpaired) electrons. The lowest BCUT2D eigenvalue weighted by atomic mass is 10.3. The second kappa shape index (κ2) is 6.96. The predicted molar refractivity (Wildman–Crippen MR) is 98.5 cm³/mol. The third-order valence-corrected chi connectivity index (χ3v) is 6.10. The van der Waals surface area contributed by atoms with Gasteiger partial charge in [-0.2, -0.15) is 0 Å². The molecule has 0 saturated heterocycles. The van der Waals surface area contributed by atoms with Gasteiger partial charge in [-0.25, -0.2) is 16.8 Å². The highest BCUT2D eigenvalue weighted by atomic mass is 35.7. The molecule has 6 nitrogen and oxygen atoms in total. The number of rotatable bonds is 2. The van der Waals surface area contributed by atoms with Crippen molar-refractivity contribution in [3.63, 3.8) is 0 Å². The van der Waals surface area contributed by atoms with Crippen molar-refractivity contribution >= 4 is 61.4 Å². The van der Waals surface area contributed by atoms with E-state index in [0.717, 1.165) is 12.5 Å². The van der Waals surface area contributed by atoms with Gasteiger partial charge in [0, 0.05) is 32.1 Å². The number of furan rings is 2. The number of halogens is 2. The lowest BCUT2D eigenvalue weighted by molar-refractivity contribution is 0.590. The maximum atomic E-state index is 11.0. The van der Waals surface area contributed by atoms with Crippen LogP contribution in [-0.4, -0.2) is 16.8 Å². The van der Waals surface area contributed by atoms with Gasteiger partial charge in [0.25, 0.3) is 18.1 Å². The summed E-state index contributed by atoms with van der Waals surface area (Å²) in [5.74, 6) is 0. The number of para-hydroxylation sites is 2. The smallest absolute Gasteiger partial charge is 0.265 e. The highest BCUT2D eigenvalue weighted by Crippen LogP contribution is 2.28. The first-order valence-corrected chi connectivity index (χ1v) is 11.6. The molecular formula is C16H10Cl2O6S2. The largest absolute Gasteiger partial charge is 0.463 e. The van der Waals surface area contributed by atoms with E-state index in [1.54, 1.807) is 48.5 Å². The van der Waals surface area contributed by atoms with Crippen molar-refractivity contribution in [3.05, 3.63) is 61.1 Å². The highest BCUT2D eigenvalue weighted by molar-refractivity contribution is 8.14. The van der Waals surface area contributed by atoms with Crippen LogP contribution in [0.25, 0.3) is 21.9 Å². The van der Waals surface area contributed by atoms with Gasteiger partial charge in [-0.15, -0.1) is 0 Å². The molecule has 2 aromatic heterocycles. The Morgan fingerprint density at radius 3 is 1.31 bits per heavy atom. The van der Waals surface area contributed by atoms with Crippen molar-refractivity contribution < 1.29 is 25.7 Å². The molecule has 0 aliphatic rings. The maximum Gasteiger partial charge on any atom is 0.265 e. The van der Waals surface area contributed by atoms with Crippen molar-refractivity contribution in [2.45, 2.75) is 9.79 Å². The van der Waals surface area contributed by atoms with E-state index in [1.807, 2.05) is 0 Å². The molecule has 136 valence electrons. The lowest BCUT2D eigenvalue weighted by Crippen LogP contribution is -1.87. The summed E-state index contributed by atoms with van der Waals surface area (Å²) < 4.78 is 54.1. The Morgan fingerprint density at radius 1 is 0.615 bits per heavy atom. The molecule has 26 heavy (non-hydrogen) atoms. The van der Waals surface area contributed by atoms with Gasteiger partial charge >= 0.3 is 0 Å². The zero-order valence-corrected chi connectivity index (χ0v) is 15.9. The minimum atomic E-state index is -3.71. The molecule has 0 fully saturated rings. The van der Waals surface area contributed by atoms with E-state index in [4.69, 9.17) is 30.2 Å². The quantitative estimate of drug-likeness (QED) is 0.425. The van der Waals surface area contributed by atoms with E-state index in [2.05, 4.69) is 0 Å². The molecule has 0 spiro atoms. The number of hydrogen-bond acceptors (Lipinski definition) is 6. The summed E-state index contributed by atoms with van der Waals surface area (Å²) in [5, 5.41) is 1.02. The Balaban J connectivity index is 0.000000151. The normalized spacial score (nSPS) is 12.1. The zero-order valence-electron chi connectivity index (χ0n) is 12.8. The van der Waals surface area contributed by atoms with Crippen molar-refractivity contribution in [2.24, 2.45) is 0 Å². The lowest BCUT2D eigenvalue weighted by Gasteiger charge is -1.89. The first kappa shape index (κ1) is 18.8. The fourth-order valence-corrected chi connectivity index (χ4v) is 4.19. The summed E-state index contributed by atoms with van der Waals surface area (Å²) >= 11 is 0. The number of benzene rings is 2. The molecule has 0 saturated carbocycles. The van der Waals surface area contributed by atoms with Crippen LogP contribution in [0.3, 0.4) is 0 Å². The van der Waals surface area contributed by atoms with E-state index in [9.17, 15) is 16.8 Å². The van der Waals surface area contributed by atoms with Crippen LogP contribution in [0.2, 0.25) is 0 Å². The van der Waals surface area contributed by atoms with Crippen molar-refractivity contribution in [3.8, 4) is 0 Å². The Hall–Kier alpha value is -2.00. The van der Waals surface area contributed by atoms with Gasteiger partial charge in [0.05, 0.1) is 0 Å². The average molecular weight is 433 g/mol. The minimum Gasteiger partial charge on any atom is -0.463 e. The summed E-state index contributed by atoms with van der Waals surface area (Å²) in [6.45, 7) is 0. The Labute approximate surface area is 157 Å². The molecule has 0 aliphatic heterocycles. The molecule has 0 N–H and O–H groups in total. The molecular weight excluding hydrogens is 423 g/mol. The Morgan fingerprint density at radius 2 is 0.962 bits per heavy atom. The maximum absolute atomic E-state index is 11.0. The van der Waals surface area contributed by atoms with Gasteiger partial charge in [0.1, 0.15) is 33.5 Å². The van der Waals surface area contributed by atoms with Crippen LogP contribution in [0.1, 0.15) is 0 Å². The Kier molecular flexibility index (Phi) is 5.03. The molecule has 0 bridgehead atoms. The van der Waals surface area contributed by atoms with Crippen LogP contribution < -0.4 is 0 Å². The van der Waals surface area contributed by atoms with Crippen molar-refractivity contribution in [2.75, 3.05) is 0 Å². The van der Waals surface area contributed by atoms with Crippen LogP contribution in [0.5, 0.6) is 0 Å². The van der Waals surface area contributed by atoms with Gasteiger partial charge in [-0.3, -0.25) is 0 Å². The monoisotopic (exact) mass is 432 g/mol. The van der Waals surface area contributed by atoms with Crippen LogP contribution in [0.4, 0.5) is 0 Å². The van der Waals surface area contributed by atoms with Crippen LogP contribution >= 0.6 is 21.4 Å². The van der Waals surface area contributed by atoms with Crippen LogP contribution in [0.15, 0.2) is 79.7 Å².